The predicted octanol–water partition coefficient (Wildman–Crippen LogP) is 1.01. The maximum absolute atomic E-state index is 5.24. The molecule has 0 spiro atoms. The average Bonchev–Trinajstić information content (AvgIpc) is 2.29. The van der Waals surface area contributed by atoms with Gasteiger partial charge in [-0.3, -0.25) is 4.90 Å². The molecule has 2 aliphatic rings. The van der Waals surface area contributed by atoms with Crippen LogP contribution >= 0.6 is 0 Å². The van der Waals surface area contributed by atoms with Gasteiger partial charge < -0.3 is 9.64 Å². The van der Waals surface area contributed by atoms with Crippen LogP contribution in [0.1, 0.15) is 0 Å². The number of rotatable bonds is 2. The summed E-state index contributed by atoms with van der Waals surface area (Å²) in [5, 5.41) is 0. The molecule has 2 saturated heterocycles. The Kier molecular flexibility index (Phi) is 2.80. The lowest BCUT2D eigenvalue weighted by Crippen LogP contribution is -2.56. The van der Waals surface area contributed by atoms with Gasteiger partial charge in [0.15, 0.2) is 0 Å². The summed E-state index contributed by atoms with van der Waals surface area (Å²) in [4.78, 5) is 5.00. The third kappa shape index (κ3) is 1.93. The standard InChI is InChI=1S/C13H17N2O/c1-2-4-12(5-3-1)14-6-8-15(9-7-14)13-10-16-11-13/h2-5,13H,6-11H2. The van der Waals surface area contributed by atoms with Crippen molar-refractivity contribution in [2.24, 2.45) is 0 Å². The summed E-state index contributed by atoms with van der Waals surface area (Å²) in [6.45, 7) is 6.43. The molecule has 0 aromatic heterocycles. The molecule has 0 bridgehead atoms. The number of anilines is 1. The van der Waals surface area contributed by atoms with E-state index in [0.29, 0.717) is 6.04 Å². The van der Waals surface area contributed by atoms with Crippen LogP contribution in [0.2, 0.25) is 0 Å². The minimum absolute atomic E-state index is 0.686. The van der Waals surface area contributed by atoms with E-state index in [4.69, 9.17) is 4.74 Å². The second-order valence-electron chi connectivity index (χ2n) is 4.47. The number of hydrogen-bond donors (Lipinski definition) is 0. The lowest BCUT2D eigenvalue weighted by atomic mass is 10.1. The Morgan fingerprint density at radius 2 is 1.75 bits per heavy atom. The Bertz CT molecular complexity index is 329. The summed E-state index contributed by atoms with van der Waals surface area (Å²) in [6, 6.07) is 12.0. The molecule has 0 unspecified atom stereocenters. The predicted molar refractivity (Wildman–Crippen MR) is 63.7 cm³/mol. The molecule has 3 rings (SSSR count). The molecule has 2 aliphatic heterocycles. The van der Waals surface area contributed by atoms with Crippen LogP contribution in [0.5, 0.6) is 0 Å². The number of piperazine rings is 1. The number of ether oxygens (including phenoxy) is 1. The lowest BCUT2D eigenvalue weighted by Gasteiger charge is -2.43. The molecule has 0 saturated carbocycles. The topological polar surface area (TPSA) is 15.7 Å². The minimum atomic E-state index is 0.686. The molecule has 2 fully saturated rings. The van der Waals surface area contributed by atoms with Gasteiger partial charge >= 0.3 is 0 Å². The van der Waals surface area contributed by atoms with Crippen LogP contribution in [-0.2, 0) is 4.74 Å². The van der Waals surface area contributed by atoms with Gasteiger partial charge in [-0.2, -0.15) is 0 Å². The fourth-order valence-electron chi connectivity index (χ4n) is 2.37. The largest absolute Gasteiger partial charge is 0.378 e. The fourth-order valence-corrected chi connectivity index (χ4v) is 2.37. The molecule has 3 nitrogen and oxygen atoms in total. The number of benzene rings is 1. The molecule has 1 aromatic rings. The van der Waals surface area contributed by atoms with Crippen LogP contribution in [0.25, 0.3) is 0 Å². The maximum Gasteiger partial charge on any atom is 0.0645 e. The molecule has 2 heterocycles. The van der Waals surface area contributed by atoms with Crippen LogP contribution in [0.15, 0.2) is 24.3 Å². The third-order valence-electron chi connectivity index (χ3n) is 3.52. The molecule has 3 heteroatoms. The molecule has 1 aromatic carbocycles. The molecule has 16 heavy (non-hydrogen) atoms. The first-order valence-electron chi connectivity index (χ1n) is 5.96. The molecular formula is C13H17N2O. The second-order valence-corrected chi connectivity index (χ2v) is 4.47. The molecule has 1 radical (unpaired) electrons. The van der Waals surface area contributed by atoms with Crippen LogP contribution in [0.3, 0.4) is 0 Å². The zero-order valence-corrected chi connectivity index (χ0v) is 9.43. The zero-order valence-electron chi connectivity index (χ0n) is 9.43. The zero-order chi connectivity index (χ0) is 10.8. The highest BCUT2D eigenvalue weighted by molar-refractivity contribution is 5.46. The Labute approximate surface area is 96.6 Å². The Hall–Kier alpha value is -1.06. The quantitative estimate of drug-likeness (QED) is 0.735. The van der Waals surface area contributed by atoms with Crippen LogP contribution in [0, 0.1) is 6.07 Å². The lowest BCUT2D eigenvalue weighted by molar-refractivity contribution is -0.0660. The summed E-state index contributed by atoms with van der Waals surface area (Å²) in [7, 11) is 0. The van der Waals surface area contributed by atoms with Gasteiger partial charge in [0, 0.05) is 31.9 Å². The van der Waals surface area contributed by atoms with Crippen molar-refractivity contribution in [2.45, 2.75) is 6.04 Å². The Morgan fingerprint density at radius 3 is 2.31 bits per heavy atom. The normalized spacial score (nSPS) is 23.1. The first-order chi connectivity index (χ1) is 7.93. The molecule has 0 N–H and O–H groups in total. The highest BCUT2D eigenvalue weighted by Crippen LogP contribution is 2.18. The van der Waals surface area contributed by atoms with Gasteiger partial charge in [0.25, 0.3) is 0 Å². The number of nitrogens with zero attached hydrogens (tertiary/aromatic N) is 2. The van der Waals surface area contributed by atoms with Crippen LogP contribution in [0.4, 0.5) is 5.69 Å². The van der Waals surface area contributed by atoms with Gasteiger partial charge in [-0.1, -0.05) is 12.1 Å². The minimum Gasteiger partial charge on any atom is -0.378 e. The smallest absolute Gasteiger partial charge is 0.0645 e. The van der Waals surface area contributed by atoms with Gasteiger partial charge in [-0.25, -0.2) is 0 Å². The van der Waals surface area contributed by atoms with Gasteiger partial charge in [0.05, 0.1) is 19.3 Å². The summed E-state index contributed by atoms with van der Waals surface area (Å²) in [5.74, 6) is 0. The highest BCUT2D eigenvalue weighted by atomic mass is 16.5. The summed E-state index contributed by atoms with van der Waals surface area (Å²) in [5.41, 5.74) is 1.32. The van der Waals surface area contributed by atoms with Crippen molar-refractivity contribution in [3.8, 4) is 0 Å². The SMILES string of the molecule is [c]1ccc(N2CCN(C3COC3)CC2)cc1. The summed E-state index contributed by atoms with van der Waals surface area (Å²) < 4.78 is 5.24. The summed E-state index contributed by atoms with van der Waals surface area (Å²) in [6.07, 6.45) is 0. The first kappa shape index (κ1) is 10.1. The third-order valence-corrected chi connectivity index (χ3v) is 3.52. The van der Waals surface area contributed by atoms with Crippen molar-refractivity contribution in [2.75, 3.05) is 44.3 Å². The van der Waals surface area contributed by atoms with Crippen molar-refractivity contribution < 1.29 is 4.74 Å². The fraction of sp³-hybridized carbons (Fsp3) is 0.538. The van der Waals surface area contributed by atoms with Gasteiger partial charge in [-0.05, 0) is 18.2 Å². The number of hydrogen-bond acceptors (Lipinski definition) is 3. The first-order valence-corrected chi connectivity index (χ1v) is 5.96. The van der Waals surface area contributed by atoms with Gasteiger partial charge in [0.2, 0.25) is 0 Å². The van der Waals surface area contributed by atoms with Gasteiger partial charge in [-0.15, -0.1) is 0 Å². The average molecular weight is 217 g/mol. The van der Waals surface area contributed by atoms with E-state index >= 15 is 0 Å². The van der Waals surface area contributed by atoms with Crippen LogP contribution in [-0.4, -0.2) is 50.3 Å². The molecular weight excluding hydrogens is 200 g/mol. The van der Waals surface area contributed by atoms with Crippen molar-refractivity contribution in [1.29, 1.82) is 0 Å². The second kappa shape index (κ2) is 4.44. The summed E-state index contributed by atoms with van der Waals surface area (Å²) >= 11 is 0. The van der Waals surface area contributed by atoms with Gasteiger partial charge in [0.1, 0.15) is 0 Å². The van der Waals surface area contributed by atoms with E-state index in [9.17, 15) is 0 Å². The van der Waals surface area contributed by atoms with E-state index in [0.717, 1.165) is 39.4 Å². The van der Waals surface area contributed by atoms with Crippen molar-refractivity contribution in [3.05, 3.63) is 30.3 Å². The molecule has 85 valence electrons. The van der Waals surface area contributed by atoms with E-state index in [2.05, 4.69) is 28.0 Å². The van der Waals surface area contributed by atoms with E-state index < -0.39 is 0 Å². The molecule has 0 amide bonds. The van der Waals surface area contributed by atoms with E-state index in [1.54, 1.807) is 0 Å². The Balaban J connectivity index is 1.58. The van der Waals surface area contributed by atoms with E-state index in [1.807, 2.05) is 12.1 Å². The maximum atomic E-state index is 5.24. The monoisotopic (exact) mass is 217 g/mol. The van der Waals surface area contributed by atoms with E-state index in [1.165, 1.54) is 5.69 Å². The van der Waals surface area contributed by atoms with Crippen molar-refractivity contribution in [1.82, 2.24) is 4.90 Å². The molecule has 0 atom stereocenters. The molecule has 0 aliphatic carbocycles. The van der Waals surface area contributed by atoms with Crippen molar-refractivity contribution in [3.63, 3.8) is 0 Å². The van der Waals surface area contributed by atoms with Crippen molar-refractivity contribution >= 4 is 5.69 Å². The van der Waals surface area contributed by atoms with Crippen LogP contribution < -0.4 is 4.90 Å². The Morgan fingerprint density at radius 1 is 1.06 bits per heavy atom. The highest BCUT2D eigenvalue weighted by Gasteiger charge is 2.28. The van der Waals surface area contributed by atoms with E-state index in [-0.39, 0.29) is 0 Å².